The van der Waals surface area contributed by atoms with Gasteiger partial charge in [0.2, 0.25) is 0 Å². The quantitative estimate of drug-likeness (QED) is 0.835. The van der Waals surface area contributed by atoms with Gasteiger partial charge in [0.1, 0.15) is 5.75 Å². The van der Waals surface area contributed by atoms with Gasteiger partial charge < -0.3 is 15.2 Å². The van der Waals surface area contributed by atoms with Crippen molar-refractivity contribution in [1.82, 2.24) is 5.32 Å². The van der Waals surface area contributed by atoms with E-state index in [2.05, 4.69) is 5.32 Å². The van der Waals surface area contributed by atoms with Crippen LogP contribution in [-0.2, 0) is 6.42 Å². The number of β-amino-alcohol motifs (C(OH)–C–C–N with tert-alkyl or cyclic N) is 1. The van der Waals surface area contributed by atoms with Gasteiger partial charge in [0.15, 0.2) is 0 Å². The third-order valence-electron chi connectivity index (χ3n) is 3.22. The number of hydrogen-bond donors (Lipinski definition) is 2. The average Bonchev–Trinajstić information content (AvgIpc) is 2.33. The number of benzene rings is 1. The Morgan fingerprint density at radius 1 is 1.35 bits per heavy atom. The minimum Gasteiger partial charge on any atom is -0.494 e. The number of hydrogen-bond acceptors (Lipinski definition) is 3. The Morgan fingerprint density at radius 2 is 2.12 bits per heavy atom. The van der Waals surface area contributed by atoms with Crippen LogP contribution in [0.3, 0.4) is 0 Å². The first kappa shape index (κ1) is 12.4. The van der Waals surface area contributed by atoms with Crippen LogP contribution in [0.4, 0.5) is 0 Å². The summed E-state index contributed by atoms with van der Waals surface area (Å²) in [6.45, 7) is 4.38. The van der Waals surface area contributed by atoms with E-state index < -0.39 is 5.60 Å². The minimum absolute atomic E-state index is 0.578. The molecule has 3 nitrogen and oxygen atoms in total. The standard InChI is InChI=1S/C14H21NO2/c1-2-17-13-6-4-12(5-7-13)10-14(16)8-3-9-15-11-14/h4-7,15-16H,2-3,8-11H2,1H3. The van der Waals surface area contributed by atoms with Crippen molar-refractivity contribution in [1.29, 1.82) is 0 Å². The van der Waals surface area contributed by atoms with Gasteiger partial charge in [-0.3, -0.25) is 0 Å². The molecule has 0 aliphatic carbocycles. The number of ether oxygens (including phenoxy) is 1. The third kappa shape index (κ3) is 3.45. The van der Waals surface area contributed by atoms with Gasteiger partial charge in [-0.15, -0.1) is 0 Å². The second-order valence-corrected chi connectivity index (χ2v) is 4.76. The first-order valence-electron chi connectivity index (χ1n) is 6.37. The molecule has 1 aliphatic heterocycles. The molecule has 1 aromatic carbocycles. The molecule has 1 aromatic rings. The maximum atomic E-state index is 10.4. The van der Waals surface area contributed by atoms with E-state index in [-0.39, 0.29) is 0 Å². The molecule has 0 spiro atoms. The second kappa shape index (κ2) is 5.52. The molecule has 1 saturated heterocycles. The number of aliphatic hydroxyl groups is 1. The fourth-order valence-corrected chi connectivity index (χ4v) is 2.35. The van der Waals surface area contributed by atoms with E-state index in [0.29, 0.717) is 19.6 Å². The maximum Gasteiger partial charge on any atom is 0.119 e. The van der Waals surface area contributed by atoms with Crippen molar-refractivity contribution in [3.8, 4) is 5.75 Å². The molecule has 0 aromatic heterocycles. The molecule has 0 saturated carbocycles. The highest BCUT2D eigenvalue weighted by Crippen LogP contribution is 2.22. The zero-order valence-electron chi connectivity index (χ0n) is 10.4. The minimum atomic E-state index is -0.578. The fourth-order valence-electron chi connectivity index (χ4n) is 2.35. The van der Waals surface area contributed by atoms with Gasteiger partial charge in [0.25, 0.3) is 0 Å². The van der Waals surface area contributed by atoms with Gasteiger partial charge in [-0.2, -0.15) is 0 Å². The summed E-state index contributed by atoms with van der Waals surface area (Å²) in [5.41, 5.74) is 0.588. The monoisotopic (exact) mass is 235 g/mol. The molecule has 2 N–H and O–H groups in total. The molecule has 0 bridgehead atoms. The van der Waals surface area contributed by atoms with Crippen LogP contribution in [0.5, 0.6) is 5.75 Å². The molecular weight excluding hydrogens is 214 g/mol. The largest absolute Gasteiger partial charge is 0.494 e. The highest BCUT2D eigenvalue weighted by atomic mass is 16.5. The van der Waals surface area contributed by atoms with Crippen LogP contribution in [0.1, 0.15) is 25.3 Å². The van der Waals surface area contributed by atoms with E-state index in [1.165, 1.54) is 5.56 Å². The van der Waals surface area contributed by atoms with E-state index in [1.807, 2.05) is 31.2 Å². The SMILES string of the molecule is CCOc1ccc(CC2(O)CCCNC2)cc1. The molecule has 1 atom stereocenters. The Hall–Kier alpha value is -1.06. The van der Waals surface area contributed by atoms with Crippen LogP contribution in [0.15, 0.2) is 24.3 Å². The van der Waals surface area contributed by atoms with Crippen molar-refractivity contribution < 1.29 is 9.84 Å². The van der Waals surface area contributed by atoms with Crippen molar-refractivity contribution in [3.63, 3.8) is 0 Å². The molecule has 1 unspecified atom stereocenters. The summed E-state index contributed by atoms with van der Waals surface area (Å²) >= 11 is 0. The molecular formula is C14H21NO2. The van der Waals surface area contributed by atoms with Crippen molar-refractivity contribution in [2.75, 3.05) is 19.7 Å². The summed E-state index contributed by atoms with van der Waals surface area (Å²) in [5, 5.41) is 13.7. The van der Waals surface area contributed by atoms with Gasteiger partial charge in [-0.1, -0.05) is 12.1 Å². The van der Waals surface area contributed by atoms with Crippen LogP contribution >= 0.6 is 0 Å². The third-order valence-corrected chi connectivity index (χ3v) is 3.22. The van der Waals surface area contributed by atoms with Crippen LogP contribution in [0, 0.1) is 0 Å². The highest BCUT2D eigenvalue weighted by molar-refractivity contribution is 5.28. The van der Waals surface area contributed by atoms with Gasteiger partial charge in [-0.05, 0) is 44.0 Å². The smallest absolute Gasteiger partial charge is 0.119 e. The van der Waals surface area contributed by atoms with Gasteiger partial charge in [-0.25, -0.2) is 0 Å². The molecule has 1 heterocycles. The van der Waals surface area contributed by atoms with Crippen LogP contribution in [0.2, 0.25) is 0 Å². The molecule has 1 fully saturated rings. The molecule has 0 radical (unpaired) electrons. The zero-order chi connectivity index (χ0) is 12.1. The van der Waals surface area contributed by atoms with Crippen LogP contribution < -0.4 is 10.1 Å². The lowest BCUT2D eigenvalue weighted by Crippen LogP contribution is -2.47. The molecule has 3 heteroatoms. The van der Waals surface area contributed by atoms with E-state index in [4.69, 9.17) is 4.74 Å². The van der Waals surface area contributed by atoms with Crippen LogP contribution in [0.25, 0.3) is 0 Å². The van der Waals surface area contributed by atoms with Crippen molar-refractivity contribution in [3.05, 3.63) is 29.8 Å². The maximum absolute atomic E-state index is 10.4. The van der Waals surface area contributed by atoms with E-state index >= 15 is 0 Å². The highest BCUT2D eigenvalue weighted by Gasteiger charge is 2.29. The normalized spacial score (nSPS) is 24.6. The fraction of sp³-hybridized carbons (Fsp3) is 0.571. The Balaban J connectivity index is 1.97. The number of piperidine rings is 1. The lowest BCUT2D eigenvalue weighted by molar-refractivity contribution is 0.0169. The topological polar surface area (TPSA) is 41.5 Å². The molecule has 1 aliphatic rings. The van der Waals surface area contributed by atoms with Gasteiger partial charge in [0, 0.05) is 13.0 Å². The lowest BCUT2D eigenvalue weighted by atomic mass is 9.87. The van der Waals surface area contributed by atoms with Crippen LogP contribution in [-0.4, -0.2) is 30.4 Å². The summed E-state index contributed by atoms with van der Waals surface area (Å²) < 4.78 is 5.40. The number of rotatable bonds is 4. The molecule has 0 amide bonds. The van der Waals surface area contributed by atoms with E-state index in [9.17, 15) is 5.11 Å². The Morgan fingerprint density at radius 3 is 2.71 bits per heavy atom. The summed E-state index contributed by atoms with van der Waals surface area (Å²) in [5.74, 6) is 0.894. The van der Waals surface area contributed by atoms with Crippen molar-refractivity contribution >= 4 is 0 Å². The molecule has 2 rings (SSSR count). The summed E-state index contributed by atoms with van der Waals surface area (Å²) in [6, 6.07) is 8.02. The van der Waals surface area contributed by atoms with Gasteiger partial charge >= 0.3 is 0 Å². The lowest BCUT2D eigenvalue weighted by Gasteiger charge is -2.32. The predicted molar refractivity (Wildman–Crippen MR) is 68.4 cm³/mol. The summed E-state index contributed by atoms with van der Waals surface area (Å²) in [6.07, 6.45) is 2.65. The summed E-state index contributed by atoms with van der Waals surface area (Å²) in [4.78, 5) is 0. The van der Waals surface area contributed by atoms with Crippen molar-refractivity contribution in [2.24, 2.45) is 0 Å². The molecule has 17 heavy (non-hydrogen) atoms. The van der Waals surface area contributed by atoms with Gasteiger partial charge in [0.05, 0.1) is 12.2 Å². The zero-order valence-corrected chi connectivity index (χ0v) is 10.4. The first-order valence-corrected chi connectivity index (χ1v) is 6.37. The Labute approximate surface area is 103 Å². The van der Waals surface area contributed by atoms with Crippen molar-refractivity contribution in [2.45, 2.75) is 31.8 Å². The van der Waals surface area contributed by atoms with E-state index in [0.717, 1.165) is 25.1 Å². The predicted octanol–water partition coefficient (Wildman–Crippen LogP) is 1.74. The average molecular weight is 235 g/mol. The second-order valence-electron chi connectivity index (χ2n) is 4.76. The van der Waals surface area contributed by atoms with E-state index in [1.54, 1.807) is 0 Å². The Kier molecular flexibility index (Phi) is 4.02. The molecule has 94 valence electrons. The Bertz CT molecular complexity index is 342. The first-order chi connectivity index (χ1) is 8.22. The summed E-state index contributed by atoms with van der Waals surface area (Å²) in [7, 11) is 0. The number of nitrogens with one attached hydrogen (secondary N) is 1.